The number of piperazine rings is 1. The number of halogens is 1. The highest BCUT2D eigenvalue weighted by Gasteiger charge is 2.24. The van der Waals surface area contributed by atoms with E-state index in [1.54, 1.807) is 7.11 Å². The number of methoxy groups -OCH3 is 1. The summed E-state index contributed by atoms with van der Waals surface area (Å²) in [4.78, 5) is 9.46. The van der Waals surface area contributed by atoms with Gasteiger partial charge in [-0.1, -0.05) is 26.0 Å². The summed E-state index contributed by atoms with van der Waals surface area (Å²) in [5, 5.41) is 3.39. The monoisotopic (exact) mass is 552 g/mol. The van der Waals surface area contributed by atoms with E-state index >= 15 is 0 Å². The number of benzene rings is 1. The predicted octanol–water partition coefficient (Wildman–Crippen LogP) is 2.86. The van der Waals surface area contributed by atoms with Gasteiger partial charge in [0.25, 0.3) is 0 Å². The second kappa shape index (κ2) is 12.0. The third kappa shape index (κ3) is 8.49. The van der Waals surface area contributed by atoms with Gasteiger partial charge in [-0.3, -0.25) is 4.99 Å². The van der Waals surface area contributed by atoms with E-state index in [9.17, 15) is 8.42 Å². The summed E-state index contributed by atoms with van der Waals surface area (Å²) in [6.45, 7) is 11.1. The van der Waals surface area contributed by atoms with Crippen LogP contribution in [0.5, 0.6) is 5.75 Å². The quantitative estimate of drug-likeness (QED) is 0.304. The molecule has 0 amide bonds. The van der Waals surface area contributed by atoms with Crippen LogP contribution in [-0.4, -0.2) is 77.7 Å². The second-order valence-corrected chi connectivity index (χ2v) is 10.6. The van der Waals surface area contributed by atoms with Crippen LogP contribution in [0, 0.1) is 5.41 Å². The molecule has 0 unspecified atom stereocenters. The number of anilines is 1. The molecule has 0 aliphatic carbocycles. The van der Waals surface area contributed by atoms with Crippen LogP contribution in [0.25, 0.3) is 0 Å². The van der Waals surface area contributed by atoms with Gasteiger partial charge in [0.05, 0.1) is 18.6 Å². The molecule has 1 fully saturated rings. The average molecular weight is 553 g/mol. The summed E-state index contributed by atoms with van der Waals surface area (Å²) in [5.41, 5.74) is 0.960. The third-order valence-electron chi connectivity index (χ3n) is 5.15. The van der Waals surface area contributed by atoms with Gasteiger partial charge in [-0.2, -0.15) is 0 Å². The molecule has 1 aromatic carbocycles. The van der Waals surface area contributed by atoms with E-state index in [4.69, 9.17) is 9.73 Å². The molecule has 1 aromatic rings. The molecule has 1 heterocycles. The van der Waals surface area contributed by atoms with E-state index in [0.29, 0.717) is 13.0 Å². The van der Waals surface area contributed by atoms with Gasteiger partial charge in [0.2, 0.25) is 0 Å². The van der Waals surface area contributed by atoms with E-state index in [1.807, 2.05) is 18.2 Å². The van der Waals surface area contributed by atoms with E-state index in [0.717, 1.165) is 50.1 Å². The zero-order chi connectivity index (χ0) is 21.5. The molecule has 0 aromatic heterocycles. The molecular formula is C21H37IN4O3S. The number of para-hydroxylation sites is 2. The second-order valence-electron chi connectivity index (χ2n) is 8.36. The number of aliphatic imine (C=N–C) groups is 1. The summed E-state index contributed by atoms with van der Waals surface area (Å²) >= 11 is 0. The van der Waals surface area contributed by atoms with Crippen LogP contribution in [0.3, 0.4) is 0 Å². The van der Waals surface area contributed by atoms with Gasteiger partial charge < -0.3 is 19.9 Å². The van der Waals surface area contributed by atoms with Crippen LogP contribution in [-0.2, 0) is 9.84 Å². The number of ether oxygens (including phenoxy) is 1. The SMILES string of the molecule is CCNC(=NCC(C)(C)CCS(C)(=O)=O)N1CCN(c2ccccc2OC)CC1.I. The van der Waals surface area contributed by atoms with Gasteiger partial charge in [0.1, 0.15) is 15.6 Å². The molecular weight excluding hydrogens is 515 g/mol. The highest BCUT2D eigenvalue weighted by molar-refractivity contribution is 14.0. The van der Waals surface area contributed by atoms with Crippen molar-refractivity contribution in [2.45, 2.75) is 27.2 Å². The Morgan fingerprint density at radius 2 is 1.83 bits per heavy atom. The first kappa shape index (κ1) is 26.8. The van der Waals surface area contributed by atoms with Crippen LogP contribution >= 0.6 is 24.0 Å². The van der Waals surface area contributed by atoms with Crippen LogP contribution in [0.15, 0.2) is 29.3 Å². The highest BCUT2D eigenvalue weighted by Crippen LogP contribution is 2.28. The number of nitrogens with one attached hydrogen (secondary N) is 1. The van der Waals surface area contributed by atoms with Crippen molar-refractivity contribution in [1.29, 1.82) is 0 Å². The lowest BCUT2D eigenvalue weighted by Crippen LogP contribution is -2.52. The Morgan fingerprint density at radius 3 is 2.40 bits per heavy atom. The maximum Gasteiger partial charge on any atom is 0.194 e. The fourth-order valence-corrected chi connectivity index (χ4v) is 4.23. The first-order valence-corrected chi connectivity index (χ1v) is 12.3. The molecule has 2 rings (SSSR count). The third-order valence-corrected chi connectivity index (χ3v) is 6.09. The van der Waals surface area contributed by atoms with Gasteiger partial charge >= 0.3 is 0 Å². The van der Waals surface area contributed by atoms with Crippen LogP contribution < -0.4 is 15.0 Å². The van der Waals surface area contributed by atoms with E-state index in [1.165, 1.54) is 6.26 Å². The lowest BCUT2D eigenvalue weighted by Gasteiger charge is -2.38. The van der Waals surface area contributed by atoms with Gasteiger partial charge in [-0.25, -0.2) is 8.42 Å². The molecule has 1 aliphatic rings. The summed E-state index contributed by atoms with van der Waals surface area (Å²) in [6.07, 6.45) is 1.90. The lowest BCUT2D eigenvalue weighted by atomic mass is 9.90. The van der Waals surface area contributed by atoms with Crippen molar-refractivity contribution < 1.29 is 13.2 Å². The standard InChI is InChI=1S/C21H36N4O3S.HI/c1-6-22-20(23-17-21(2,3)11-16-29(5,26)27)25-14-12-24(13-15-25)18-9-7-8-10-19(18)28-4;/h7-10H,6,11-17H2,1-5H3,(H,22,23);1H. The zero-order valence-corrected chi connectivity index (χ0v) is 22.0. The summed E-state index contributed by atoms with van der Waals surface area (Å²) in [6, 6.07) is 8.11. The number of rotatable bonds is 8. The Balaban J connectivity index is 0.00000450. The summed E-state index contributed by atoms with van der Waals surface area (Å²) in [7, 11) is -1.25. The Hall–Kier alpha value is -1.23. The first-order valence-electron chi connectivity index (χ1n) is 10.2. The van der Waals surface area contributed by atoms with Crippen LogP contribution in [0.1, 0.15) is 27.2 Å². The molecule has 0 atom stereocenters. The highest BCUT2D eigenvalue weighted by atomic mass is 127. The minimum absolute atomic E-state index is 0. The Kier molecular flexibility index (Phi) is 10.7. The smallest absolute Gasteiger partial charge is 0.194 e. The summed E-state index contributed by atoms with van der Waals surface area (Å²) < 4.78 is 28.5. The summed E-state index contributed by atoms with van der Waals surface area (Å²) in [5.74, 6) is 2.00. The van der Waals surface area contributed by atoms with E-state index in [2.05, 4.69) is 42.0 Å². The van der Waals surface area contributed by atoms with E-state index in [-0.39, 0.29) is 35.1 Å². The number of sulfone groups is 1. The number of hydrogen-bond donors (Lipinski definition) is 1. The molecule has 0 saturated carbocycles. The van der Waals surface area contributed by atoms with Crippen molar-refractivity contribution in [1.82, 2.24) is 10.2 Å². The molecule has 1 aliphatic heterocycles. The average Bonchev–Trinajstić information content (AvgIpc) is 2.69. The largest absolute Gasteiger partial charge is 0.495 e. The molecule has 1 saturated heterocycles. The molecule has 0 bridgehead atoms. The number of nitrogens with zero attached hydrogens (tertiary/aromatic N) is 3. The van der Waals surface area contributed by atoms with Crippen molar-refractivity contribution in [3.05, 3.63) is 24.3 Å². The van der Waals surface area contributed by atoms with Crippen molar-refractivity contribution in [3.63, 3.8) is 0 Å². The fraction of sp³-hybridized carbons (Fsp3) is 0.667. The first-order chi connectivity index (χ1) is 13.6. The minimum Gasteiger partial charge on any atom is -0.495 e. The van der Waals surface area contributed by atoms with Crippen LogP contribution in [0.2, 0.25) is 0 Å². The molecule has 0 radical (unpaired) electrons. The minimum atomic E-state index is -2.96. The normalized spacial score (nSPS) is 15.6. The molecule has 30 heavy (non-hydrogen) atoms. The number of hydrogen-bond acceptors (Lipinski definition) is 5. The van der Waals surface area contributed by atoms with Gasteiger partial charge in [-0.15, -0.1) is 24.0 Å². The molecule has 0 spiro atoms. The molecule has 1 N–H and O–H groups in total. The van der Waals surface area contributed by atoms with Crippen LogP contribution in [0.4, 0.5) is 5.69 Å². The fourth-order valence-electron chi connectivity index (χ4n) is 3.31. The Bertz CT molecular complexity index is 791. The molecule has 7 nitrogen and oxygen atoms in total. The Labute approximate surface area is 199 Å². The maximum absolute atomic E-state index is 11.5. The van der Waals surface area contributed by atoms with Crippen molar-refractivity contribution in [3.8, 4) is 5.75 Å². The number of guanidine groups is 1. The maximum atomic E-state index is 11.5. The van der Waals surface area contributed by atoms with Crippen molar-refractivity contribution >= 4 is 45.5 Å². The van der Waals surface area contributed by atoms with E-state index < -0.39 is 9.84 Å². The Morgan fingerprint density at radius 1 is 1.20 bits per heavy atom. The van der Waals surface area contributed by atoms with Crippen molar-refractivity contribution in [2.75, 3.05) is 63.3 Å². The van der Waals surface area contributed by atoms with Gasteiger partial charge in [0, 0.05) is 45.5 Å². The lowest BCUT2D eigenvalue weighted by molar-refractivity contribution is 0.347. The topological polar surface area (TPSA) is 74.2 Å². The molecule has 9 heteroatoms. The predicted molar refractivity (Wildman–Crippen MR) is 136 cm³/mol. The molecule has 172 valence electrons. The van der Waals surface area contributed by atoms with Gasteiger partial charge in [-0.05, 0) is 30.9 Å². The zero-order valence-electron chi connectivity index (χ0n) is 18.8. The van der Waals surface area contributed by atoms with Crippen molar-refractivity contribution in [2.24, 2.45) is 10.4 Å². The van der Waals surface area contributed by atoms with Gasteiger partial charge in [0.15, 0.2) is 5.96 Å².